The number of hydrogen-bond acceptors (Lipinski definition) is 3. The number of anilines is 1. The van der Waals surface area contributed by atoms with E-state index in [-0.39, 0.29) is 0 Å². The molecular formula is C15H25NO2. The Bertz CT molecular complexity index is 298. The van der Waals surface area contributed by atoms with Gasteiger partial charge in [-0.25, -0.2) is 0 Å². The first-order valence-corrected chi connectivity index (χ1v) is 6.83. The molecule has 0 saturated carbocycles. The molecule has 3 nitrogen and oxygen atoms in total. The highest BCUT2D eigenvalue weighted by Gasteiger charge is 1.94. The molecule has 0 aliphatic carbocycles. The van der Waals surface area contributed by atoms with Gasteiger partial charge in [-0.15, -0.1) is 0 Å². The van der Waals surface area contributed by atoms with Crippen molar-refractivity contribution in [2.75, 3.05) is 32.2 Å². The van der Waals surface area contributed by atoms with Crippen LogP contribution in [0, 0.1) is 0 Å². The van der Waals surface area contributed by atoms with Gasteiger partial charge < -0.3 is 15.2 Å². The van der Waals surface area contributed by atoms with Crippen LogP contribution in [0.4, 0.5) is 5.69 Å². The molecule has 0 aliphatic rings. The van der Waals surface area contributed by atoms with Crippen molar-refractivity contribution < 1.29 is 9.47 Å². The zero-order chi connectivity index (χ0) is 13.1. The van der Waals surface area contributed by atoms with Gasteiger partial charge in [-0.05, 0) is 37.0 Å². The van der Waals surface area contributed by atoms with Crippen LogP contribution in [0.15, 0.2) is 24.3 Å². The van der Waals surface area contributed by atoms with Crippen LogP contribution in [0.2, 0.25) is 0 Å². The van der Waals surface area contributed by atoms with E-state index in [1.165, 1.54) is 12.0 Å². The molecule has 102 valence electrons. The molecule has 0 radical (unpaired) electrons. The third-order valence-corrected chi connectivity index (χ3v) is 2.75. The number of ether oxygens (including phenoxy) is 2. The summed E-state index contributed by atoms with van der Waals surface area (Å²) < 4.78 is 10.9. The van der Waals surface area contributed by atoms with Gasteiger partial charge in [0.25, 0.3) is 0 Å². The highest BCUT2D eigenvalue weighted by Crippen LogP contribution is 2.07. The van der Waals surface area contributed by atoms with Crippen molar-refractivity contribution in [1.82, 2.24) is 0 Å². The molecule has 1 aromatic carbocycles. The van der Waals surface area contributed by atoms with Gasteiger partial charge in [0, 0.05) is 18.9 Å². The van der Waals surface area contributed by atoms with Crippen LogP contribution in [0.1, 0.15) is 31.7 Å². The van der Waals surface area contributed by atoms with Crippen molar-refractivity contribution in [3.63, 3.8) is 0 Å². The number of unbranched alkanes of at least 4 members (excludes halogenated alkanes) is 1. The second kappa shape index (κ2) is 9.92. The third kappa shape index (κ3) is 7.30. The topological polar surface area (TPSA) is 44.5 Å². The Labute approximate surface area is 110 Å². The zero-order valence-corrected chi connectivity index (χ0v) is 11.4. The lowest BCUT2D eigenvalue weighted by Gasteiger charge is -2.05. The third-order valence-electron chi connectivity index (χ3n) is 2.75. The lowest BCUT2D eigenvalue weighted by molar-refractivity contribution is 0.0459. The van der Waals surface area contributed by atoms with Crippen molar-refractivity contribution in [3.8, 4) is 0 Å². The Balaban J connectivity index is 1.91. The van der Waals surface area contributed by atoms with Gasteiger partial charge in [0.05, 0.1) is 13.2 Å². The van der Waals surface area contributed by atoms with Crippen LogP contribution >= 0.6 is 0 Å². The molecule has 0 saturated heterocycles. The molecule has 0 spiro atoms. The second-order valence-corrected chi connectivity index (χ2v) is 4.42. The Morgan fingerprint density at radius 2 is 1.50 bits per heavy atom. The quantitative estimate of drug-likeness (QED) is 0.513. The SMILES string of the molecule is CCCCOCCOCCCc1ccc(N)cc1. The summed E-state index contributed by atoms with van der Waals surface area (Å²) in [6.45, 7) is 5.22. The summed E-state index contributed by atoms with van der Waals surface area (Å²) in [5, 5.41) is 0. The number of hydrogen-bond donors (Lipinski definition) is 1. The van der Waals surface area contributed by atoms with Gasteiger partial charge in [-0.1, -0.05) is 25.5 Å². The van der Waals surface area contributed by atoms with E-state index in [1.807, 2.05) is 12.1 Å². The summed E-state index contributed by atoms with van der Waals surface area (Å²) in [5.74, 6) is 0. The number of aryl methyl sites for hydroxylation is 1. The summed E-state index contributed by atoms with van der Waals surface area (Å²) in [5.41, 5.74) is 7.76. The minimum absolute atomic E-state index is 0.700. The summed E-state index contributed by atoms with van der Waals surface area (Å²) >= 11 is 0. The van der Waals surface area contributed by atoms with E-state index < -0.39 is 0 Å². The molecule has 0 heterocycles. The standard InChI is InChI=1S/C15H25NO2/c1-2-3-10-17-12-13-18-11-4-5-14-6-8-15(16)9-7-14/h6-9H,2-5,10-13,16H2,1H3. The first-order valence-electron chi connectivity index (χ1n) is 6.83. The summed E-state index contributed by atoms with van der Waals surface area (Å²) in [6, 6.07) is 8.03. The van der Waals surface area contributed by atoms with Gasteiger partial charge in [0.2, 0.25) is 0 Å². The second-order valence-electron chi connectivity index (χ2n) is 4.42. The van der Waals surface area contributed by atoms with E-state index in [0.717, 1.165) is 38.2 Å². The van der Waals surface area contributed by atoms with Crippen LogP contribution in [-0.4, -0.2) is 26.4 Å². The number of rotatable bonds is 10. The van der Waals surface area contributed by atoms with E-state index in [1.54, 1.807) is 0 Å². The molecule has 2 N–H and O–H groups in total. The van der Waals surface area contributed by atoms with Gasteiger partial charge in [-0.3, -0.25) is 0 Å². The van der Waals surface area contributed by atoms with E-state index in [2.05, 4.69) is 19.1 Å². The fourth-order valence-electron chi connectivity index (χ4n) is 1.63. The van der Waals surface area contributed by atoms with Crippen molar-refractivity contribution in [1.29, 1.82) is 0 Å². The van der Waals surface area contributed by atoms with Crippen molar-refractivity contribution in [2.24, 2.45) is 0 Å². The zero-order valence-electron chi connectivity index (χ0n) is 11.4. The van der Waals surface area contributed by atoms with Crippen LogP contribution in [-0.2, 0) is 15.9 Å². The summed E-state index contributed by atoms with van der Waals surface area (Å²) in [7, 11) is 0. The Morgan fingerprint density at radius 3 is 2.11 bits per heavy atom. The number of nitrogens with two attached hydrogens (primary N) is 1. The van der Waals surface area contributed by atoms with Crippen molar-refractivity contribution in [2.45, 2.75) is 32.6 Å². The normalized spacial score (nSPS) is 10.7. The molecular weight excluding hydrogens is 226 g/mol. The minimum Gasteiger partial charge on any atom is -0.399 e. The van der Waals surface area contributed by atoms with Crippen LogP contribution in [0.5, 0.6) is 0 Å². The molecule has 1 rings (SSSR count). The molecule has 0 fully saturated rings. The predicted octanol–water partition coefficient (Wildman–Crippen LogP) is 3.03. The summed E-state index contributed by atoms with van der Waals surface area (Å²) in [4.78, 5) is 0. The van der Waals surface area contributed by atoms with E-state index in [4.69, 9.17) is 15.2 Å². The maximum atomic E-state index is 5.63. The average Bonchev–Trinajstić information content (AvgIpc) is 2.39. The molecule has 1 aromatic rings. The molecule has 0 amide bonds. The van der Waals surface area contributed by atoms with Crippen molar-refractivity contribution >= 4 is 5.69 Å². The van der Waals surface area contributed by atoms with Crippen LogP contribution < -0.4 is 5.73 Å². The monoisotopic (exact) mass is 251 g/mol. The molecule has 3 heteroatoms. The Kier molecular flexibility index (Phi) is 8.26. The largest absolute Gasteiger partial charge is 0.399 e. The minimum atomic E-state index is 0.700. The molecule has 0 atom stereocenters. The van der Waals surface area contributed by atoms with Crippen LogP contribution in [0.3, 0.4) is 0 Å². The number of benzene rings is 1. The lowest BCUT2D eigenvalue weighted by Crippen LogP contribution is -2.06. The first kappa shape index (κ1) is 15.0. The van der Waals surface area contributed by atoms with Gasteiger partial charge >= 0.3 is 0 Å². The lowest BCUT2D eigenvalue weighted by atomic mass is 10.1. The molecule has 0 unspecified atom stereocenters. The molecule has 18 heavy (non-hydrogen) atoms. The van der Waals surface area contributed by atoms with E-state index in [9.17, 15) is 0 Å². The highest BCUT2D eigenvalue weighted by molar-refractivity contribution is 5.39. The van der Waals surface area contributed by atoms with Gasteiger partial charge in [0.1, 0.15) is 0 Å². The highest BCUT2D eigenvalue weighted by atomic mass is 16.5. The average molecular weight is 251 g/mol. The van der Waals surface area contributed by atoms with Crippen LogP contribution in [0.25, 0.3) is 0 Å². The number of nitrogen functional groups attached to an aromatic ring is 1. The predicted molar refractivity (Wildman–Crippen MR) is 75.7 cm³/mol. The Morgan fingerprint density at radius 1 is 0.889 bits per heavy atom. The maximum Gasteiger partial charge on any atom is 0.0700 e. The molecule has 0 aromatic heterocycles. The smallest absolute Gasteiger partial charge is 0.0700 e. The maximum absolute atomic E-state index is 5.63. The van der Waals surface area contributed by atoms with E-state index in [0.29, 0.717) is 13.2 Å². The molecule has 0 bridgehead atoms. The van der Waals surface area contributed by atoms with Gasteiger partial charge in [0.15, 0.2) is 0 Å². The fraction of sp³-hybridized carbons (Fsp3) is 0.600. The summed E-state index contributed by atoms with van der Waals surface area (Å²) in [6.07, 6.45) is 4.40. The molecule has 0 aliphatic heterocycles. The first-order chi connectivity index (χ1) is 8.83. The Hall–Kier alpha value is -1.06. The van der Waals surface area contributed by atoms with Crippen molar-refractivity contribution in [3.05, 3.63) is 29.8 Å². The van der Waals surface area contributed by atoms with E-state index >= 15 is 0 Å². The van der Waals surface area contributed by atoms with Gasteiger partial charge in [-0.2, -0.15) is 0 Å². The fourth-order valence-corrected chi connectivity index (χ4v) is 1.63.